The second-order valence-corrected chi connectivity index (χ2v) is 4.35. The van der Waals surface area contributed by atoms with Gasteiger partial charge in [0.2, 0.25) is 5.88 Å². The monoisotopic (exact) mass is 289 g/mol. The molecule has 6 heteroatoms. The van der Waals surface area contributed by atoms with Crippen molar-refractivity contribution in [3.63, 3.8) is 0 Å². The number of aromatic nitrogens is 1. The molecule has 2 rings (SSSR count). The van der Waals surface area contributed by atoms with Crippen LogP contribution in [0.1, 0.15) is 17.2 Å². The Labute approximate surface area is 123 Å². The summed E-state index contributed by atoms with van der Waals surface area (Å²) in [5.74, 6) is 7.62. The number of ether oxygens (including phenoxy) is 3. The molecule has 0 saturated carbocycles. The van der Waals surface area contributed by atoms with Crippen LogP contribution in [-0.4, -0.2) is 26.3 Å². The molecule has 0 spiro atoms. The Bertz CT molecular complexity index is 582. The quantitative estimate of drug-likeness (QED) is 0.622. The molecule has 0 fully saturated rings. The van der Waals surface area contributed by atoms with Gasteiger partial charge in [-0.3, -0.25) is 5.84 Å². The topological polar surface area (TPSA) is 78.6 Å². The number of hydrogen-bond donors (Lipinski definition) is 2. The predicted octanol–water partition coefficient (Wildman–Crippen LogP) is 1.66. The van der Waals surface area contributed by atoms with Crippen molar-refractivity contribution in [1.82, 2.24) is 10.4 Å². The second kappa shape index (κ2) is 6.92. The molecule has 1 atom stereocenters. The molecule has 2 aromatic rings. The highest BCUT2D eigenvalue weighted by molar-refractivity contribution is 5.44. The van der Waals surface area contributed by atoms with Crippen LogP contribution in [0, 0.1) is 0 Å². The van der Waals surface area contributed by atoms with Crippen molar-refractivity contribution < 1.29 is 14.2 Å². The molecule has 0 saturated heterocycles. The summed E-state index contributed by atoms with van der Waals surface area (Å²) in [6.45, 7) is 0. The van der Waals surface area contributed by atoms with Gasteiger partial charge in [-0.1, -0.05) is 6.07 Å². The minimum absolute atomic E-state index is 0.294. The fourth-order valence-corrected chi connectivity index (χ4v) is 2.16. The van der Waals surface area contributed by atoms with Gasteiger partial charge >= 0.3 is 0 Å². The Morgan fingerprint density at radius 2 is 1.71 bits per heavy atom. The zero-order valence-electron chi connectivity index (χ0n) is 12.3. The summed E-state index contributed by atoms with van der Waals surface area (Å²) >= 11 is 0. The van der Waals surface area contributed by atoms with Crippen LogP contribution in [0.2, 0.25) is 0 Å². The van der Waals surface area contributed by atoms with E-state index in [0.717, 1.165) is 11.1 Å². The lowest BCUT2D eigenvalue weighted by Gasteiger charge is -2.20. The van der Waals surface area contributed by atoms with E-state index in [-0.39, 0.29) is 6.04 Å². The van der Waals surface area contributed by atoms with Crippen LogP contribution in [-0.2, 0) is 0 Å². The fourth-order valence-electron chi connectivity index (χ4n) is 2.16. The lowest BCUT2D eigenvalue weighted by Crippen LogP contribution is -2.29. The summed E-state index contributed by atoms with van der Waals surface area (Å²) in [6.07, 6.45) is 1.67. The average Bonchev–Trinajstić information content (AvgIpc) is 2.55. The summed E-state index contributed by atoms with van der Waals surface area (Å²) in [4.78, 5) is 4.20. The Hall–Kier alpha value is -2.31. The molecule has 1 heterocycles. The lowest BCUT2D eigenvalue weighted by atomic mass is 9.99. The van der Waals surface area contributed by atoms with E-state index in [1.807, 2.05) is 24.3 Å². The summed E-state index contributed by atoms with van der Waals surface area (Å²) in [7, 11) is 4.79. The Morgan fingerprint density at radius 1 is 1.05 bits per heavy atom. The molecule has 21 heavy (non-hydrogen) atoms. The number of hydrazine groups is 1. The maximum absolute atomic E-state index is 5.73. The summed E-state index contributed by atoms with van der Waals surface area (Å²) in [5.41, 5.74) is 4.50. The normalized spacial score (nSPS) is 11.8. The Balaban J connectivity index is 2.50. The van der Waals surface area contributed by atoms with E-state index in [4.69, 9.17) is 20.1 Å². The van der Waals surface area contributed by atoms with Gasteiger partial charge in [0, 0.05) is 17.8 Å². The number of pyridine rings is 1. The zero-order chi connectivity index (χ0) is 15.2. The van der Waals surface area contributed by atoms with Gasteiger partial charge in [0.05, 0.1) is 27.4 Å². The molecule has 0 aliphatic carbocycles. The fraction of sp³-hybridized carbons (Fsp3) is 0.267. The molecule has 6 nitrogen and oxygen atoms in total. The number of rotatable bonds is 6. The molecule has 3 N–H and O–H groups in total. The SMILES string of the molecule is COc1cc(OC)cc(C(NN)c2cccnc2OC)c1. The molecular weight excluding hydrogens is 270 g/mol. The van der Waals surface area contributed by atoms with Crippen molar-refractivity contribution in [2.75, 3.05) is 21.3 Å². The highest BCUT2D eigenvalue weighted by Crippen LogP contribution is 2.32. The summed E-state index contributed by atoms with van der Waals surface area (Å²) in [6, 6.07) is 9.02. The lowest BCUT2D eigenvalue weighted by molar-refractivity contribution is 0.384. The van der Waals surface area contributed by atoms with Crippen LogP contribution in [0.25, 0.3) is 0 Å². The highest BCUT2D eigenvalue weighted by atomic mass is 16.5. The van der Waals surface area contributed by atoms with Gasteiger partial charge in [-0.15, -0.1) is 0 Å². The average molecular weight is 289 g/mol. The number of nitrogens with one attached hydrogen (secondary N) is 1. The van der Waals surface area contributed by atoms with Gasteiger partial charge in [-0.05, 0) is 23.8 Å². The third-order valence-corrected chi connectivity index (χ3v) is 3.18. The maximum atomic E-state index is 5.73. The zero-order valence-corrected chi connectivity index (χ0v) is 12.3. The largest absolute Gasteiger partial charge is 0.497 e. The van der Waals surface area contributed by atoms with Gasteiger partial charge in [0.1, 0.15) is 11.5 Å². The predicted molar refractivity (Wildman–Crippen MR) is 79.5 cm³/mol. The van der Waals surface area contributed by atoms with Gasteiger partial charge in [0.15, 0.2) is 0 Å². The molecule has 1 unspecified atom stereocenters. The van der Waals surface area contributed by atoms with Crippen LogP contribution >= 0.6 is 0 Å². The standard InChI is InChI=1S/C15H19N3O3/c1-19-11-7-10(8-12(9-11)20-2)14(18-16)13-5-4-6-17-15(13)21-3/h4-9,14,18H,16H2,1-3H3. The van der Waals surface area contributed by atoms with Crippen molar-refractivity contribution in [3.8, 4) is 17.4 Å². The van der Waals surface area contributed by atoms with Crippen molar-refractivity contribution in [2.45, 2.75) is 6.04 Å². The molecule has 0 bridgehead atoms. The third-order valence-electron chi connectivity index (χ3n) is 3.18. The van der Waals surface area contributed by atoms with Crippen LogP contribution in [0.5, 0.6) is 17.4 Å². The smallest absolute Gasteiger partial charge is 0.218 e. The van der Waals surface area contributed by atoms with Gasteiger partial charge < -0.3 is 14.2 Å². The van der Waals surface area contributed by atoms with E-state index >= 15 is 0 Å². The minimum atomic E-state index is -0.294. The molecule has 1 aromatic heterocycles. The van der Waals surface area contributed by atoms with Crippen LogP contribution in [0.4, 0.5) is 0 Å². The van der Waals surface area contributed by atoms with Gasteiger partial charge in [-0.25, -0.2) is 10.4 Å². The van der Waals surface area contributed by atoms with E-state index in [0.29, 0.717) is 17.4 Å². The molecule has 0 amide bonds. The van der Waals surface area contributed by atoms with Crippen molar-refractivity contribution in [1.29, 1.82) is 0 Å². The number of benzene rings is 1. The van der Waals surface area contributed by atoms with Crippen LogP contribution in [0.3, 0.4) is 0 Å². The van der Waals surface area contributed by atoms with Crippen LogP contribution < -0.4 is 25.5 Å². The summed E-state index contributed by atoms with van der Waals surface area (Å²) < 4.78 is 15.9. The van der Waals surface area contributed by atoms with E-state index in [1.165, 1.54) is 0 Å². The van der Waals surface area contributed by atoms with E-state index in [1.54, 1.807) is 33.6 Å². The third kappa shape index (κ3) is 3.24. The van der Waals surface area contributed by atoms with Crippen molar-refractivity contribution >= 4 is 0 Å². The van der Waals surface area contributed by atoms with E-state index < -0.39 is 0 Å². The first kappa shape index (κ1) is 15.1. The molecule has 0 aliphatic rings. The molecule has 0 aliphatic heterocycles. The first-order chi connectivity index (χ1) is 10.2. The van der Waals surface area contributed by atoms with Crippen molar-refractivity contribution in [3.05, 3.63) is 47.7 Å². The minimum Gasteiger partial charge on any atom is -0.497 e. The van der Waals surface area contributed by atoms with Gasteiger partial charge in [0.25, 0.3) is 0 Å². The highest BCUT2D eigenvalue weighted by Gasteiger charge is 2.19. The molecule has 112 valence electrons. The number of methoxy groups -OCH3 is 3. The maximum Gasteiger partial charge on any atom is 0.218 e. The second-order valence-electron chi connectivity index (χ2n) is 4.35. The number of hydrogen-bond acceptors (Lipinski definition) is 6. The number of nitrogens with zero attached hydrogens (tertiary/aromatic N) is 1. The van der Waals surface area contributed by atoms with E-state index in [9.17, 15) is 0 Å². The molecule has 1 aromatic carbocycles. The first-order valence-electron chi connectivity index (χ1n) is 6.41. The summed E-state index contributed by atoms with van der Waals surface area (Å²) in [5, 5.41) is 0. The molecular formula is C15H19N3O3. The van der Waals surface area contributed by atoms with Crippen molar-refractivity contribution in [2.24, 2.45) is 5.84 Å². The number of nitrogens with two attached hydrogens (primary N) is 1. The van der Waals surface area contributed by atoms with E-state index in [2.05, 4.69) is 10.4 Å². The Kier molecular flexibility index (Phi) is 4.97. The molecule has 0 radical (unpaired) electrons. The van der Waals surface area contributed by atoms with Gasteiger partial charge in [-0.2, -0.15) is 0 Å². The van der Waals surface area contributed by atoms with Crippen LogP contribution in [0.15, 0.2) is 36.5 Å². The Morgan fingerprint density at radius 3 is 2.24 bits per heavy atom. The first-order valence-corrected chi connectivity index (χ1v) is 6.41.